The van der Waals surface area contributed by atoms with Crippen LogP contribution in [0.15, 0.2) is 18.3 Å². The van der Waals surface area contributed by atoms with Gasteiger partial charge in [-0.2, -0.15) is 0 Å². The zero-order valence-corrected chi connectivity index (χ0v) is 16.2. The fourth-order valence-corrected chi connectivity index (χ4v) is 4.63. The Labute approximate surface area is 165 Å². The van der Waals surface area contributed by atoms with Gasteiger partial charge in [-0.3, -0.25) is 19.3 Å². The molecule has 0 aromatic carbocycles. The number of pyridine rings is 1. The maximum Gasteiger partial charge on any atom is 0.257 e. The number of likely N-dealkylation sites (tertiary alicyclic amines) is 2. The Hall–Kier alpha value is -2.44. The molecule has 1 aliphatic carbocycles. The Morgan fingerprint density at radius 2 is 1.68 bits per heavy atom. The van der Waals surface area contributed by atoms with Crippen molar-refractivity contribution in [3.63, 3.8) is 0 Å². The number of carbonyl (C=O) groups excluding carboxylic acids is 3. The minimum atomic E-state index is -0.0273. The number of hydrogen-bond donors (Lipinski definition) is 1. The summed E-state index contributed by atoms with van der Waals surface area (Å²) in [5.41, 5.74) is 0.636. The van der Waals surface area contributed by atoms with Gasteiger partial charge in [0.15, 0.2) is 0 Å². The third-order valence-corrected chi connectivity index (χ3v) is 6.17. The van der Waals surface area contributed by atoms with E-state index in [-0.39, 0.29) is 29.8 Å². The van der Waals surface area contributed by atoms with E-state index in [4.69, 9.17) is 0 Å². The second-order valence-corrected chi connectivity index (χ2v) is 8.06. The van der Waals surface area contributed by atoms with Gasteiger partial charge in [0.1, 0.15) is 5.82 Å². The first-order chi connectivity index (χ1) is 13.6. The molecule has 2 saturated heterocycles. The topological polar surface area (TPSA) is 82.6 Å². The standard InChI is InChI=1S/C21H28N4O3/c26-18-10-11-19(27)25(18)16-8-6-15(7-9-16)23-20-17(5-4-12-22-20)21(28)24-13-2-1-3-14-24/h4-5,12,15-16H,1-3,6-11,13-14H2,(H,22,23). The van der Waals surface area contributed by atoms with Crippen molar-refractivity contribution in [2.24, 2.45) is 0 Å². The van der Waals surface area contributed by atoms with Gasteiger partial charge in [0, 0.05) is 44.2 Å². The molecule has 1 N–H and O–H groups in total. The first-order valence-corrected chi connectivity index (χ1v) is 10.5. The van der Waals surface area contributed by atoms with Crippen molar-refractivity contribution in [2.75, 3.05) is 18.4 Å². The van der Waals surface area contributed by atoms with E-state index in [0.717, 1.165) is 51.6 Å². The number of carbonyl (C=O) groups is 3. The van der Waals surface area contributed by atoms with Crippen LogP contribution in [0.25, 0.3) is 0 Å². The second-order valence-electron chi connectivity index (χ2n) is 8.06. The summed E-state index contributed by atoms with van der Waals surface area (Å²) in [4.78, 5) is 44.7. The molecule has 28 heavy (non-hydrogen) atoms. The molecule has 150 valence electrons. The molecule has 3 amide bonds. The van der Waals surface area contributed by atoms with Crippen molar-refractivity contribution in [2.45, 2.75) is 69.9 Å². The van der Waals surface area contributed by atoms with Crippen LogP contribution in [0.1, 0.15) is 68.1 Å². The Morgan fingerprint density at radius 3 is 2.36 bits per heavy atom. The highest BCUT2D eigenvalue weighted by atomic mass is 16.2. The average molecular weight is 384 g/mol. The summed E-state index contributed by atoms with van der Waals surface area (Å²) >= 11 is 0. The molecule has 7 nitrogen and oxygen atoms in total. The van der Waals surface area contributed by atoms with Gasteiger partial charge in [0.25, 0.3) is 5.91 Å². The molecule has 1 aromatic heterocycles. The van der Waals surface area contributed by atoms with Crippen molar-refractivity contribution in [3.8, 4) is 0 Å². The Kier molecular flexibility index (Phi) is 5.59. The average Bonchev–Trinajstić information content (AvgIpc) is 3.07. The van der Waals surface area contributed by atoms with E-state index in [1.807, 2.05) is 17.0 Å². The molecule has 4 rings (SSSR count). The number of amides is 3. The third-order valence-electron chi connectivity index (χ3n) is 6.17. The van der Waals surface area contributed by atoms with Gasteiger partial charge >= 0.3 is 0 Å². The highest BCUT2D eigenvalue weighted by Crippen LogP contribution is 2.29. The van der Waals surface area contributed by atoms with Crippen LogP contribution in [-0.2, 0) is 9.59 Å². The summed E-state index contributed by atoms with van der Waals surface area (Å²) in [7, 11) is 0. The quantitative estimate of drug-likeness (QED) is 0.807. The smallest absolute Gasteiger partial charge is 0.257 e. The number of nitrogens with one attached hydrogen (secondary N) is 1. The van der Waals surface area contributed by atoms with Crippen molar-refractivity contribution >= 4 is 23.5 Å². The predicted molar refractivity (Wildman–Crippen MR) is 105 cm³/mol. The number of piperidine rings is 1. The number of imide groups is 1. The lowest BCUT2D eigenvalue weighted by Gasteiger charge is -2.34. The van der Waals surface area contributed by atoms with Gasteiger partial charge in [0.2, 0.25) is 11.8 Å². The highest BCUT2D eigenvalue weighted by molar-refractivity contribution is 6.02. The molecule has 3 fully saturated rings. The maximum absolute atomic E-state index is 12.9. The molecule has 7 heteroatoms. The molecule has 0 atom stereocenters. The zero-order valence-electron chi connectivity index (χ0n) is 16.2. The van der Waals surface area contributed by atoms with E-state index in [2.05, 4.69) is 10.3 Å². The minimum Gasteiger partial charge on any atom is -0.367 e. The number of rotatable bonds is 4. The van der Waals surface area contributed by atoms with Crippen LogP contribution in [0.5, 0.6) is 0 Å². The molecular formula is C21H28N4O3. The number of nitrogens with zero attached hydrogens (tertiary/aromatic N) is 3. The first kappa shape index (κ1) is 18.9. The molecule has 0 spiro atoms. The van der Waals surface area contributed by atoms with Gasteiger partial charge in [-0.1, -0.05) is 0 Å². The number of hydrogen-bond acceptors (Lipinski definition) is 5. The van der Waals surface area contributed by atoms with Crippen molar-refractivity contribution in [1.29, 1.82) is 0 Å². The van der Waals surface area contributed by atoms with Gasteiger partial charge in [0.05, 0.1) is 5.56 Å². The first-order valence-electron chi connectivity index (χ1n) is 10.5. The molecule has 2 aliphatic heterocycles. The van der Waals surface area contributed by atoms with Gasteiger partial charge < -0.3 is 10.2 Å². The predicted octanol–water partition coefficient (Wildman–Crippen LogP) is 2.58. The van der Waals surface area contributed by atoms with Crippen LogP contribution in [0.3, 0.4) is 0 Å². The normalized spacial score (nSPS) is 25.9. The SMILES string of the molecule is O=C(c1cccnc1NC1CCC(N2C(=O)CCC2=O)CC1)N1CCCCC1. The van der Waals surface area contributed by atoms with Crippen LogP contribution in [0.4, 0.5) is 5.82 Å². The molecule has 0 bridgehead atoms. The number of anilines is 1. The summed E-state index contributed by atoms with van der Waals surface area (Å²) in [6, 6.07) is 3.88. The van der Waals surface area contributed by atoms with Crippen LogP contribution in [-0.4, -0.2) is 57.7 Å². The molecule has 0 radical (unpaired) electrons. The summed E-state index contributed by atoms with van der Waals surface area (Å²) in [5, 5.41) is 3.46. The third kappa shape index (κ3) is 3.88. The Morgan fingerprint density at radius 1 is 1.00 bits per heavy atom. The zero-order chi connectivity index (χ0) is 19.5. The number of aromatic nitrogens is 1. The van der Waals surface area contributed by atoms with Crippen LogP contribution < -0.4 is 5.32 Å². The van der Waals surface area contributed by atoms with E-state index in [1.54, 1.807) is 6.20 Å². The lowest BCUT2D eigenvalue weighted by Crippen LogP contribution is -2.43. The molecule has 1 aromatic rings. The molecule has 0 unspecified atom stereocenters. The van der Waals surface area contributed by atoms with Gasteiger partial charge in [-0.25, -0.2) is 4.98 Å². The van der Waals surface area contributed by atoms with E-state index < -0.39 is 0 Å². The largest absolute Gasteiger partial charge is 0.367 e. The molecule has 3 aliphatic rings. The van der Waals surface area contributed by atoms with Gasteiger partial charge in [-0.15, -0.1) is 0 Å². The van der Waals surface area contributed by atoms with E-state index in [0.29, 0.717) is 24.2 Å². The van der Waals surface area contributed by atoms with Gasteiger partial charge in [-0.05, 0) is 57.1 Å². The summed E-state index contributed by atoms with van der Waals surface area (Å²) in [5.74, 6) is 0.646. The second kappa shape index (κ2) is 8.29. The molecular weight excluding hydrogens is 356 g/mol. The van der Waals surface area contributed by atoms with E-state index >= 15 is 0 Å². The monoisotopic (exact) mass is 384 g/mol. The summed E-state index contributed by atoms with van der Waals surface area (Å²) < 4.78 is 0. The molecule has 1 saturated carbocycles. The summed E-state index contributed by atoms with van der Waals surface area (Å²) in [6.45, 7) is 1.63. The Bertz CT molecular complexity index is 736. The lowest BCUT2D eigenvalue weighted by molar-refractivity contribution is -0.141. The van der Waals surface area contributed by atoms with Crippen LogP contribution >= 0.6 is 0 Å². The maximum atomic E-state index is 12.9. The molecule has 3 heterocycles. The van der Waals surface area contributed by atoms with Crippen molar-refractivity contribution in [1.82, 2.24) is 14.8 Å². The van der Waals surface area contributed by atoms with Crippen LogP contribution in [0, 0.1) is 0 Å². The minimum absolute atomic E-state index is 0.0266. The summed E-state index contributed by atoms with van der Waals surface area (Å²) in [6.07, 6.45) is 9.05. The highest BCUT2D eigenvalue weighted by Gasteiger charge is 2.37. The van der Waals surface area contributed by atoms with Crippen LogP contribution in [0.2, 0.25) is 0 Å². The van der Waals surface area contributed by atoms with Crippen molar-refractivity contribution in [3.05, 3.63) is 23.9 Å². The Balaban J connectivity index is 1.38. The van der Waals surface area contributed by atoms with E-state index in [9.17, 15) is 14.4 Å². The lowest BCUT2D eigenvalue weighted by atomic mass is 9.90. The van der Waals surface area contributed by atoms with E-state index in [1.165, 1.54) is 11.3 Å². The fourth-order valence-electron chi connectivity index (χ4n) is 4.63. The fraction of sp³-hybridized carbons (Fsp3) is 0.619. The van der Waals surface area contributed by atoms with Crippen molar-refractivity contribution < 1.29 is 14.4 Å².